The van der Waals surface area contributed by atoms with Gasteiger partial charge in [-0.15, -0.1) is 0 Å². The predicted octanol–water partition coefficient (Wildman–Crippen LogP) is 3.94. The number of hydrogen-bond acceptors (Lipinski definition) is 4. The molecule has 1 heterocycles. The number of amides is 1. The molecular formula is C22H34N2O3. The van der Waals surface area contributed by atoms with Crippen LogP contribution >= 0.6 is 0 Å². The molecular weight excluding hydrogens is 340 g/mol. The fourth-order valence-corrected chi connectivity index (χ4v) is 3.94. The third kappa shape index (κ3) is 5.45. The molecule has 3 rings (SSSR count). The van der Waals surface area contributed by atoms with Crippen molar-refractivity contribution in [2.24, 2.45) is 11.8 Å². The van der Waals surface area contributed by atoms with Crippen LogP contribution in [0.1, 0.15) is 46.0 Å². The van der Waals surface area contributed by atoms with Crippen molar-refractivity contribution in [3.63, 3.8) is 0 Å². The molecule has 1 saturated carbocycles. The quantitative estimate of drug-likeness (QED) is 0.665. The van der Waals surface area contributed by atoms with E-state index >= 15 is 0 Å². The minimum atomic E-state index is -0.735. The summed E-state index contributed by atoms with van der Waals surface area (Å²) in [6.07, 6.45) is 5.83. The summed E-state index contributed by atoms with van der Waals surface area (Å²) in [5.41, 5.74) is 0.0415. The molecule has 2 aliphatic rings. The van der Waals surface area contributed by atoms with Crippen molar-refractivity contribution >= 4 is 11.6 Å². The molecule has 150 valence electrons. The van der Waals surface area contributed by atoms with Crippen molar-refractivity contribution in [2.75, 3.05) is 38.7 Å². The van der Waals surface area contributed by atoms with Gasteiger partial charge in [-0.25, -0.2) is 0 Å². The Balaban J connectivity index is 1.40. The molecule has 27 heavy (non-hydrogen) atoms. The Bertz CT molecular complexity index is 614. The van der Waals surface area contributed by atoms with Gasteiger partial charge in [0.1, 0.15) is 11.4 Å². The van der Waals surface area contributed by atoms with E-state index in [1.54, 1.807) is 7.11 Å². The van der Waals surface area contributed by atoms with E-state index in [4.69, 9.17) is 9.47 Å². The number of rotatable bonds is 9. The van der Waals surface area contributed by atoms with Gasteiger partial charge in [-0.1, -0.05) is 6.92 Å². The lowest BCUT2D eigenvalue weighted by Crippen LogP contribution is -2.44. The SMILES string of the molecule is CO[C@@](C)(C(=O)Nc1ccc(OCCCN2CCC[C@H](C)C2)cc1)C1CC1. The van der Waals surface area contributed by atoms with Gasteiger partial charge in [-0.2, -0.15) is 0 Å². The second-order valence-corrected chi connectivity index (χ2v) is 8.31. The highest BCUT2D eigenvalue weighted by atomic mass is 16.5. The minimum Gasteiger partial charge on any atom is -0.494 e. The Morgan fingerprint density at radius 1 is 1.26 bits per heavy atom. The van der Waals surface area contributed by atoms with Gasteiger partial charge >= 0.3 is 0 Å². The molecule has 1 aromatic rings. The monoisotopic (exact) mass is 374 g/mol. The van der Waals surface area contributed by atoms with E-state index in [0.717, 1.165) is 49.8 Å². The Morgan fingerprint density at radius 3 is 2.63 bits per heavy atom. The number of carbonyl (C=O) groups excluding carboxylic acids is 1. The first-order valence-electron chi connectivity index (χ1n) is 10.3. The Labute approximate surface area is 163 Å². The molecule has 0 bridgehead atoms. The van der Waals surface area contributed by atoms with Crippen LogP contribution in [-0.4, -0.2) is 49.8 Å². The molecule has 5 heteroatoms. The molecule has 1 aromatic carbocycles. The maximum atomic E-state index is 12.5. The molecule has 0 aromatic heterocycles. The van der Waals surface area contributed by atoms with Gasteiger partial charge in [-0.3, -0.25) is 4.79 Å². The molecule has 0 spiro atoms. The van der Waals surface area contributed by atoms with Crippen LogP contribution < -0.4 is 10.1 Å². The van der Waals surface area contributed by atoms with E-state index < -0.39 is 5.60 Å². The van der Waals surface area contributed by atoms with Gasteiger partial charge in [0.25, 0.3) is 5.91 Å². The van der Waals surface area contributed by atoms with E-state index in [9.17, 15) is 4.79 Å². The number of piperidine rings is 1. The smallest absolute Gasteiger partial charge is 0.256 e. The Kier molecular flexibility index (Phi) is 6.77. The van der Waals surface area contributed by atoms with E-state index in [1.807, 2.05) is 31.2 Å². The highest BCUT2D eigenvalue weighted by Gasteiger charge is 2.47. The van der Waals surface area contributed by atoms with Gasteiger partial charge in [0.15, 0.2) is 0 Å². The number of ether oxygens (including phenoxy) is 2. The Morgan fingerprint density at radius 2 is 2.00 bits per heavy atom. The Hall–Kier alpha value is -1.59. The third-order valence-electron chi connectivity index (χ3n) is 5.97. The number of nitrogens with one attached hydrogen (secondary N) is 1. The maximum absolute atomic E-state index is 12.5. The summed E-state index contributed by atoms with van der Waals surface area (Å²) >= 11 is 0. The largest absolute Gasteiger partial charge is 0.494 e. The molecule has 0 radical (unpaired) electrons. The number of benzene rings is 1. The van der Waals surface area contributed by atoms with Crippen molar-refractivity contribution in [3.05, 3.63) is 24.3 Å². The predicted molar refractivity (Wildman–Crippen MR) is 108 cm³/mol. The zero-order valence-corrected chi connectivity index (χ0v) is 17.0. The van der Waals surface area contributed by atoms with Crippen LogP contribution in [0, 0.1) is 11.8 Å². The van der Waals surface area contributed by atoms with Gasteiger partial charge in [0.05, 0.1) is 6.61 Å². The molecule has 1 N–H and O–H groups in total. The van der Waals surface area contributed by atoms with E-state index in [-0.39, 0.29) is 5.91 Å². The van der Waals surface area contributed by atoms with Gasteiger partial charge in [-0.05, 0) is 81.7 Å². The molecule has 1 amide bonds. The van der Waals surface area contributed by atoms with Crippen molar-refractivity contribution in [2.45, 2.75) is 51.6 Å². The van der Waals surface area contributed by atoms with E-state index in [0.29, 0.717) is 5.92 Å². The summed E-state index contributed by atoms with van der Waals surface area (Å²) in [6.45, 7) is 8.48. The number of carbonyl (C=O) groups is 1. The van der Waals surface area contributed by atoms with Gasteiger partial charge in [0.2, 0.25) is 0 Å². The summed E-state index contributed by atoms with van der Waals surface area (Å²) in [6, 6.07) is 7.62. The van der Waals surface area contributed by atoms with Crippen LogP contribution in [0.4, 0.5) is 5.69 Å². The van der Waals surface area contributed by atoms with E-state index in [1.165, 1.54) is 25.9 Å². The first kappa shape index (κ1) is 20.2. The van der Waals surface area contributed by atoms with Crippen molar-refractivity contribution in [3.8, 4) is 5.75 Å². The fraction of sp³-hybridized carbons (Fsp3) is 0.682. The minimum absolute atomic E-state index is 0.0723. The lowest BCUT2D eigenvalue weighted by Gasteiger charge is -2.30. The average molecular weight is 375 g/mol. The van der Waals surface area contributed by atoms with Crippen molar-refractivity contribution < 1.29 is 14.3 Å². The molecule has 0 unspecified atom stereocenters. The fourth-order valence-electron chi connectivity index (χ4n) is 3.94. The van der Waals surface area contributed by atoms with Gasteiger partial charge in [0, 0.05) is 25.9 Å². The van der Waals surface area contributed by atoms with Crippen molar-refractivity contribution in [1.29, 1.82) is 0 Å². The average Bonchev–Trinajstić information content (AvgIpc) is 3.51. The second-order valence-electron chi connectivity index (χ2n) is 8.31. The van der Waals surface area contributed by atoms with Crippen LogP contribution in [0.3, 0.4) is 0 Å². The van der Waals surface area contributed by atoms with Crippen molar-refractivity contribution in [1.82, 2.24) is 4.90 Å². The van der Waals surface area contributed by atoms with Crippen LogP contribution in [0.15, 0.2) is 24.3 Å². The number of anilines is 1. The van der Waals surface area contributed by atoms with Crippen LogP contribution in [0.25, 0.3) is 0 Å². The molecule has 1 aliphatic heterocycles. The number of nitrogens with zero attached hydrogens (tertiary/aromatic N) is 1. The highest BCUT2D eigenvalue weighted by Crippen LogP contribution is 2.42. The lowest BCUT2D eigenvalue weighted by atomic mass is 9.99. The number of methoxy groups -OCH3 is 1. The molecule has 1 saturated heterocycles. The van der Waals surface area contributed by atoms with Crippen LogP contribution in [-0.2, 0) is 9.53 Å². The number of hydrogen-bond donors (Lipinski definition) is 1. The van der Waals surface area contributed by atoms with Crippen LogP contribution in [0.5, 0.6) is 5.75 Å². The van der Waals surface area contributed by atoms with Gasteiger partial charge < -0.3 is 19.7 Å². The second kappa shape index (κ2) is 9.07. The first-order valence-corrected chi connectivity index (χ1v) is 10.3. The summed E-state index contributed by atoms with van der Waals surface area (Å²) < 4.78 is 11.4. The zero-order valence-electron chi connectivity index (χ0n) is 17.0. The molecule has 1 aliphatic carbocycles. The van der Waals surface area contributed by atoms with Crippen LogP contribution in [0.2, 0.25) is 0 Å². The molecule has 5 nitrogen and oxygen atoms in total. The standard InChI is InChI=1S/C22H34N2O3/c1-17-6-4-13-24(16-17)14-5-15-27-20-11-9-19(10-12-20)23-21(25)22(2,26-3)18-7-8-18/h9-12,17-18H,4-8,13-16H2,1-3H3,(H,23,25)/t17-,22+/m0/s1. The first-order chi connectivity index (χ1) is 13.0. The number of likely N-dealkylation sites (tertiary alicyclic amines) is 1. The summed E-state index contributed by atoms with van der Waals surface area (Å²) in [5.74, 6) is 1.92. The topological polar surface area (TPSA) is 50.8 Å². The lowest BCUT2D eigenvalue weighted by molar-refractivity contribution is -0.138. The third-order valence-corrected chi connectivity index (χ3v) is 5.97. The summed E-state index contributed by atoms with van der Waals surface area (Å²) in [5, 5.41) is 2.97. The normalized spacial score (nSPS) is 22.9. The summed E-state index contributed by atoms with van der Waals surface area (Å²) in [7, 11) is 1.61. The zero-order chi connectivity index (χ0) is 19.3. The maximum Gasteiger partial charge on any atom is 0.256 e. The molecule has 2 atom stereocenters. The summed E-state index contributed by atoms with van der Waals surface area (Å²) in [4.78, 5) is 15.1. The van der Waals surface area contributed by atoms with E-state index in [2.05, 4.69) is 17.1 Å². The molecule has 2 fully saturated rings. The highest BCUT2D eigenvalue weighted by molar-refractivity contribution is 5.97.